The summed E-state index contributed by atoms with van der Waals surface area (Å²) in [6.07, 6.45) is 5.03. The Morgan fingerprint density at radius 1 is 1.12 bits per heavy atom. The van der Waals surface area contributed by atoms with E-state index in [2.05, 4.69) is 23.2 Å². The molecule has 2 aromatic rings. The van der Waals surface area contributed by atoms with Gasteiger partial charge in [0.25, 0.3) is 0 Å². The Kier molecular flexibility index (Phi) is 3.66. The van der Waals surface area contributed by atoms with Gasteiger partial charge in [-0.2, -0.15) is 0 Å². The molecule has 0 unspecified atom stereocenters. The number of pyridine rings is 1. The van der Waals surface area contributed by atoms with E-state index in [0.717, 1.165) is 23.1 Å². The SMILES string of the molecule is CC(=O)CCc1cncc(-c2ccccc2)c1. The maximum absolute atomic E-state index is 11.0. The summed E-state index contributed by atoms with van der Waals surface area (Å²) < 4.78 is 0. The van der Waals surface area contributed by atoms with E-state index < -0.39 is 0 Å². The molecule has 17 heavy (non-hydrogen) atoms. The number of carbonyl (C=O) groups excluding carboxylic acids is 1. The second-order valence-electron chi connectivity index (χ2n) is 4.15. The largest absolute Gasteiger partial charge is 0.300 e. The first-order valence-electron chi connectivity index (χ1n) is 5.74. The number of aromatic nitrogens is 1. The van der Waals surface area contributed by atoms with Crippen molar-refractivity contribution in [2.75, 3.05) is 0 Å². The summed E-state index contributed by atoms with van der Waals surface area (Å²) in [5.74, 6) is 0.218. The predicted molar refractivity (Wildman–Crippen MR) is 68.7 cm³/mol. The Hall–Kier alpha value is -1.96. The molecule has 0 saturated heterocycles. The maximum atomic E-state index is 11.0. The Labute approximate surface area is 101 Å². The highest BCUT2D eigenvalue weighted by Gasteiger charge is 2.01. The number of ketones is 1. The summed E-state index contributed by atoms with van der Waals surface area (Å²) in [7, 11) is 0. The third-order valence-electron chi connectivity index (χ3n) is 2.67. The van der Waals surface area contributed by atoms with E-state index in [-0.39, 0.29) is 5.78 Å². The molecule has 0 bridgehead atoms. The van der Waals surface area contributed by atoms with Crippen LogP contribution in [0.3, 0.4) is 0 Å². The molecule has 2 heteroatoms. The van der Waals surface area contributed by atoms with Crippen molar-refractivity contribution in [2.24, 2.45) is 0 Å². The van der Waals surface area contributed by atoms with Gasteiger partial charge in [0.05, 0.1) is 0 Å². The van der Waals surface area contributed by atoms with Gasteiger partial charge < -0.3 is 4.79 Å². The van der Waals surface area contributed by atoms with Crippen LogP contribution in [0.4, 0.5) is 0 Å². The van der Waals surface area contributed by atoms with E-state index in [1.54, 1.807) is 6.92 Å². The van der Waals surface area contributed by atoms with Crippen molar-refractivity contribution < 1.29 is 4.79 Å². The van der Waals surface area contributed by atoms with Crippen molar-refractivity contribution in [3.63, 3.8) is 0 Å². The van der Waals surface area contributed by atoms with Gasteiger partial charge in [-0.05, 0) is 30.5 Å². The van der Waals surface area contributed by atoms with Crippen molar-refractivity contribution >= 4 is 5.78 Å². The summed E-state index contributed by atoms with van der Waals surface area (Å²) in [6.45, 7) is 1.62. The fraction of sp³-hybridized carbons (Fsp3) is 0.200. The first-order chi connectivity index (χ1) is 8.25. The van der Waals surface area contributed by atoms with Crippen molar-refractivity contribution in [1.82, 2.24) is 4.98 Å². The molecule has 0 atom stereocenters. The standard InChI is InChI=1S/C15H15NO/c1-12(17)7-8-13-9-15(11-16-10-13)14-5-3-2-4-6-14/h2-6,9-11H,7-8H2,1H3. The minimum Gasteiger partial charge on any atom is -0.300 e. The summed E-state index contributed by atoms with van der Waals surface area (Å²) in [4.78, 5) is 15.2. The van der Waals surface area contributed by atoms with Crippen molar-refractivity contribution in [3.8, 4) is 11.1 Å². The van der Waals surface area contributed by atoms with Crippen molar-refractivity contribution in [2.45, 2.75) is 19.8 Å². The van der Waals surface area contributed by atoms with Crippen molar-refractivity contribution in [1.29, 1.82) is 0 Å². The molecule has 0 fully saturated rings. The average Bonchev–Trinajstić information content (AvgIpc) is 2.38. The monoisotopic (exact) mass is 225 g/mol. The van der Waals surface area contributed by atoms with Gasteiger partial charge in [-0.25, -0.2) is 0 Å². The zero-order chi connectivity index (χ0) is 12.1. The predicted octanol–water partition coefficient (Wildman–Crippen LogP) is 3.27. The number of hydrogen-bond acceptors (Lipinski definition) is 2. The number of Topliss-reactive ketones (excluding diaryl/α,β-unsaturated/α-hetero) is 1. The molecular formula is C15H15NO. The first kappa shape index (κ1) is 11.5. The van der Waals surface area contributed by atoms with Crippen LogP contribution in [0.25, 0.3) is 11.1 Å². The van der Waals surface area contributed by atoms with Gasteiger partial charge in [0.15, 0.2) is 0 Å². The van der Waals surface area contributed by atoms with Crippen LogP contribution in [0.2, 0.25) is 0 Å². The quantitative estimate of drug-likeness (QED) is 0.799. The molecule has 0 saturated carbocycles. The number of nitrogens with zero attached hydrogens (tertiary/aromatic N) is 1. The number of aryl methyl sites for hydroxylation is 1. The lowest BCUT2D eigenvalue weighted by Gasteiger charge is -2.04. The lowest BCUT2D eigenvalue weighted by Crippen LogP contribution is -1.95. The minimum atomic E-state index is 0.218. The van der Waals surface area contributed by atoms with Crippen LogP contribution in [0.15, 0.2) is 48.8 Å². The smallest absolute Gasteiger partial charge is 0.130 e. The van der Waals surface area contributed by atoms with Crippen LogP contribution in [0.1, 0.15) is 18.9 Å². The third kappa shape index (κ3) is 3.25. The van der Waals surface area contributed by atoms with Crippen LogP contribution in [0, 0.1) is 0 Å². The normalized spacial score (nSPS) is 10.2. The Balaban J connectivity index is 2.20. The molecule has 0 aliphatic heterocycles. The molecular weight excluding hydrogens is 210 g/mol. The molecule has 1 aromatic carbocycles. The van der Waals surface area contributed by atoms with E-state index >= 15 is 0 Å². The van der Waals surface area contributed by atoms with Gasteiger partial charge >= 0.3 is 0 Å². The first-order valence-corrected chi connectivity index (χ1v) is 5.74. The molecule has 0 radical (unpaired) electrons. The second-order valence-corrected chi connectivity index (χ2v) is 4.15. The highest BCUT2D eigenvalue weighted by molar-refractivity contribution is 5.75. The van der Waals surface area contributed by atoms with E-state index in [0.29, 0.717) is 6.42 Å². The summed E-state index contributed by atoms with van der Waals surface area (Å²) in [6, 6.07) is 12.2. The van der Waals surface area contributed by atoms with Gasteiger partial charge in [0.2, 0.25) is 0 Å². The lowest BCUT2D eigenvalue weighted by atomic mass is 10.0. The molecule has 0 amide bonds. The second kappa shape index (κ2) is 5.39. The molecule has 0 aliphatic carbocycles. The van der Waals surface area contributed by atoms with Crippen molar-refractivity contribution in [3.05, 3.63) is 54.4 Å². The minimum absolute atomic E-state index is 0.218. The number of benzene rings is 1. The number of rotatable bonds is 4. The van der Waals surface area contributed by atoms with Crippen LogP contribution < -0.4 is 0 Å². The average molecular weight is 225 g/mol. The third-order valence-corrected chi connectivity index (χ3v) is 2.67. The fourth-order valence-electron chi connectivity index (χ4n) is 1.73. The molecule has 0 N–H and O–H groups in total. The molecule has 86 valence electrons. The molecule has 2 rings (SSSR count). The highest BCUT2D eigenvalue weighted by atomic mass is 16.1. The Bertz CT molecular complexity index is 505. The lowest BCUT2D eigenvalue weighted by molar-refractivity contribution is -0.116. The molecule has 1 heterocycles. The highest BCUT2D eigenvalue weighted by Crippen LogP contribution is 2.19. The van der Waals surface area contributed by atoms with Gasteiger partial charge in [0.1, 0.15) is 5.78 Å². The Morgan fingerprint density at radius 2 is 1.88 bits per heavy atom. The number of hydrogen-bond donors (Lipinski definition) is 0. The molecule has 0 spiro atoms. The van der Waals surface area contributed by atoms with E-state index in [1.807, 2.05) is 30.6 Å². The van der Waals surface area contributed by atoms with E-state index in [1.165, 1.54) is 0 Å². The Morgan fingerprint density at radius 3 is 2.59 bits per heavy atom. The van der Waals surface area contributed by atoms with Crippen LogP contribution in [0.5, 0.6) is 0 Å². The summed E-state index contributed by atoms with van der Waals surface area (Å²) >= 11 is 0. The molecule has 1 aromatic heterocycles. The van der Waals surface area contributed by atoms with Gasteiger partial charge in [-0.3, -0.25) is 4.98 Å². The number of carbonyl (C=O) groups is 1. The summed E-state index contributed by atoms with van der Waals surface area (Å²) in [5, 5.41) is 0. The van der Waals surface area contributed by atoms with Gasteiger partial charge in [-0.1, -0.05) is 30.3 Å². The topological polar surface area (TPSA) is 30.0 Å². The zero-order valence-electron chi connectivity index (χ0n) is 9.89. The van der Waals surface area contributed by atoms with Crippen LogP contribution >= 0.6 is 0 Å². The van der Waals surface area contributed by atoms with E-state index in [9.17, 15) is 4.79 Å². The molecule has 0 aliphatic rings. The summed E-state index contributed by atoms with van der Waals surface area (Å²) in [5.41, 5.74) is 3.37. The van der Waals surface area contributed by atoms with Crippen LogP contribution in [-0.4, -0.2) is 10.8 Å². The van der Waals surface area contributed by atoms with Gasteiger partial charge in [0, 0.05) is 24.4 Å². The van der Waals surface area contributed by atoms with E-state index in [4.69, 9.17) is 0 Å². The maximum Gasteiger partial charge on any atom is 0.130 e. The molecule has 2 nitrogen and oxygen atoms in total. The zero-order valence-corrected chi connectivity index (χ0v) is 9.89. The van der Waals surface area contributed by atoms with Gasteiger partial charge in [-0.15, -0.1) is 0 Å². The van der Waals surface area contributed by atoms with Crippen LogP contribution in [-0.2, 0) is 11.2 Å². The fourth-order valence-corrected chi connectivity index (χ4v) is 1.73.